The van der Waals surface area contributed by atoms with Gasteiger partial charge in [0.1, 0.15) is 18.6 Å². The predicted molar refractivity (Wildman–Crippen MR) is 79.2 cm³/mol. The summed E-state index contributed by atoms with van der Waals surface area (Å²) in [6.07, 6.45) is 1.25. The third kappa shape index (κ3) is 2.97. The molecule has 0 radical (unpaired) electrons. The second-order valence-electron chi connectivity index (χ2n) is 4.58. The van der Waals surface area contributed by atoms with Gasteiger partial charge in [-0.2, -0.15) is 0 Å². The van der Waals surface area contributed by atoms with Crippen LogP contribution in [0.5, 0.6) is 5.75 Å². The third-order valence-electron chi connectivity index (χ3n) is 3.10. The van der Waals surface area contributed by atoms with Gasteiger partial charge in [-0.15, -0.1) is 0 Å². The van der Waals surface area contributed by atoms with Crippen molar-refractivity contribution in [2.24, 2.45) is 0 Å². The van der Waals surface area contributed by atoms with Gasteiger partial charge in [0.2, 0.25) is 0 Å². The SMILES string of the molecule is O=[N+]([O-])c1cnc2cc(OCc3ccccc3)ccc2c1. The molecule has 3 rings (SSSR count). The van der Waals surface area contributed by atoms with Crippen molar-refractivity contribution < 1.29 is 9.66 Å². The van der Waals surface area contributed by atoms with E-state index in [2.05, 4.69) is 4.98 Å². The zero-order valence-electron chi connectivity index (χ0n) is 11.1. The Morgan fingerprint density at radius 2 is 1.90 bits per heavy atom. The van der Waals surface area contributed by atoms with Crippen molar-refractivity contribution in [3.63, 3.8) is 0 Å². The summed E-state index contributed by atoms with van der Waals surface area (Å²) in [5, 5.41) is 11.4. The minimum Gasteiger partial charge on any atom is -0.489 e. The van der Waals surface area contributed by atoms with Gasteiger partial charge in [-0.05, 0) is 17.7 Å². The monoisotopic (exact) mass is 280 g/mol. The Hall–Kier alpha value is -2.95. The summed E-state index contributed by atoms with van der Waals surface area (Å²) >= 11 is 0. The van der Waals surface area contributed by atoms with Crippen LogP contribution in [0.4, 0.5) is 5.69 Å². The number of benzene rings is 2. The molecule has 0 fully saturated rings. The number of rotatable bonds is 4. The van der Waals surface area contributed by atoms with Gasteiger partial charge in [0.25, 0.3) is 5.69 Å². The average molecular weight is 280 g/mol. The highest BCUT2D eigenvalue weighted by molar-refractivity contribution is 5.81. The first-order valence-electron chi connectivity index (χ1n) is 6.43. The van der Waals surface area contributed by atoms with Crippen molar-refractivity contribution in [2.45, 2.75) is 6.61 Å². The number of hydrogen-bond acceptors (Lipinski definition) is 4. The molecule has 0 aliphatic rings. The number of pyridine rings is 1. The first-order chi connectivity index (χ1) is 10.2. The van der Waals surface area contributed by atoms with Gasteiger partial charge in [0.15, 0.2) is 0 Å². The Kier molecular flexibility index (Phi) is 3.47. The highest BCUT2D eigenvalue weighted by atomic mass is 16.6. The van der Waals surface area contributed by atoms with Gasteiger partial charge in [-0.3, -0.25) is 10.1 Å². The summed E-state index contributed by atoms with van der Waals surface area (Å²) in [6.45, 7) is 0.472. The van der Waals surface area contributed by atoms with Crippen molar-refractivity contribution in [3.8, 4) is 5.75 Å². The maximum Gasteiger partial charge on any atom is 0.288 e. The molecular formula is C16H12N2O3. The number of nitro groups is 1. The first kappa shape index (κ1) is 13.1. The highest BCUT2D eigenvalue weighted by Crippen LogP contribution is 2.23. The van der Waals surface area contributed by atoms with Crippen LogP contribution in [0.2, 0.25) is 0 Å². The van der Waals surface area contributed by atoms with Crippen molar-refractivity contribution in [3.05, 3.63) is 76.5 Å². The average Bonchev–Trinajstić information content (AvgIpc) is 2.53. The molecule has 0 bridgehead atoms. The molecule has 5 heteroatoms. The first-order valence-corrected chi connectivity index (χ1v) is 6.43. The van der Waals surface area contributed by atoms with Crippen molar-refractivity contribution in [1.29, 1.82) is 0 Å². The Balaban J connectivity index is 1.81. The van der Waals surface area contributed by atoms with Crippen LogP contribution in [0, 0.1) is 10.1 Å². The molecule has 0 spiro atoms. The van der Waals surface area contributed by atoms with E-state index in [1.165, 1.54) is 12.3 Å². The third-order valence-corrected chi connectivity index (χ3v) is 3.10. The van der Waals surface area contributed by atoms with E-state index in [1.54, 1.807) is 18.2 Å². The lowest BCUT2D eigenvalue weighted by Gasteiger charge is -2.07. The van der Waals surface area contributed by atoms with Gasteiger partial charge in [0.05, 0.1) is 10.4 Å². The maximum absolute atomic E-state index is 10.7. The van der Waals surface area contributed by atoms with Crippen LogP contribution in [-0.4, -0.2) is 9.91 Å². The second-order valence-corrected chi connectivity index (χ2v) is 4.58. The molecule has 1 aromatic heterocycles. The fourth-order valence-electron chi connectivity index (χ4n) is 2.02. The van der Waals surface area contributed by atoms with E-state index in [0.717, 1.165) is 10.9 Å². The Morgan fingerprint density at radius 1 is 1.10 bits per heavy atom. The number of ether oxygens (including phenoxy) is 1. The minimum absolute atomic E-state index is 0.0135. The zero-order chi connectivity index (χ0) is 14.7. The lowest BCUT2D eigenvalue weighted by Crippen LogP contribution is -1.95. The van der Waals surface area contributed by atoms with Gasteiger partial charge in [-0.1, -0.05) is 30.3 Å². The van der Waals surface area contributed by atoms with Crippen LogP contribution < -0.4 is 4.74 Å². The van der Waals surface area contributed by atoms with E-state index in [0.29, 0.717) is 17.9 Å². The van der Waals surface area contributed by atoms with Crippen LogP contribution >= 0.6 is 0 Å². The van der Waals surface area contributed by atoms with E-state index in [-0.39, 0.29) is 5.69 Å². The van der Waals surface area contributed by atoms with Crippen LogP contribution in [0.15, 0.2) is 60.8 Å². The molecule has 21 heavy (non-hydrogen) atoms. The standard InChI is InChI=1S/C16H12N2O3/c19-18(20)14-8-13-6-7-15(9-16(13)17-10-14)21-11-12-4-2-1-3-5-12/h1-10H,11H2. The number of hydrogen-bond donors (Lipinski definition) is 0. The van der Waals surface area contributed by atoms with E-state index < -0.39 is 4.92 Å². The van der Waals surface area contributed by atoms with Gasteiger partial charge in [-0.25, -0.2) is 4.98 Å². The molecule has 0 aliphatic carbocycles. The van der Waals surface area contributed by atoms with Gasteiger partial charge >= 0.3 is 0 Å². The molecule has 1 heterocycles. The van der Waals surface area contributed by atoms with Crippen LogP contribution in [0.1, 0.15) is 5.56 Å². The van der Waals surface area contributed by atoms with Crippen LogP contribution in [0.25, 0.3) is 10.9 Å². The maximum atomic E-state index is 10.7. The molecule has 2 aromatic carbocycles. The smallest absolute Gasteiger partial charge is 0.288 e. The topological polar surface area (TPSA) is 65.3 Å². The van der Waals surface area contributed by atoms with Crippen molar-refractivity contribution in [1.82, 2.24) is 4.98 Å². The molecule has 0 atom stereocenters. The fraction of sp³-hybridized carbons (Fsp3) is 0.0625. The zero-order valence-corrected chi connectivity index (χ0v) is 11.1. The Labute approximate surface area is 121 Å². The quantitative estimate of drug-likeness (QED) is 0.539. The highest BCUT2D eigenvalue weighted by Gasteiger charge is 2.07. The van der Waals surface area contributed by atoms with Gasteiger partial charge < -0.3 is 4.74 Å². The normalized spacial score (nSPS) is 10.5. The Morgan fingerprint density at radius 3 is 2.67 bits per heavy atom. The van der Waals surface area contributed by atoms with E-state index in [1.807, 2.05) is 30.3 Å². The molecule has 0 amide bonds. The van der Waals surface area contributed by atoms with E-state index in [9.17, 15) is 10.1 Å². The van der Waals surface area contributed by atoms with E-state index in [4.69, 9.17) is 4.74 Å². The molecule has 0 N–H and O–H groups in total. The molecule has 104 valence electrons. The van der Waals surface area contributed by atoms with Crippen molar-refractivity contribution in [2.75, 3.05) is 0 Å². The summed E-state index contributed by atoms with van der Waals surface area (Å²) in [5.74, 6) is 0.688. The van der Waals surface area contributed by atoms with Crippen LogP contribution in [0.3, 0.4) is 0 Å². The second kappa shape index (κ2) is 5.58. The molecule has 0 saturated carbocycles. The largest absolute Gasteiger partial charge is 0.489 e. The molecular weight excluding hydrogens is 268 g/mol. The summed E-state index contributed by atoms with van der Waals surface area (Å²) in [5.41, 5.74) is 1.74. The molecule has 5 nitrogen and oxygen atoms in total. The Bertz CT molecular complexity index is 788. The van der Waals surface area contributed by atoms with Crippen molar-refractivity contribution >= 4 is 16.6 Å². The van der Waals surface area contributed by atoms with Crippen LogP contribution in [-0.2, 0) is 6.61 Å². The fourth-order valence-corrected chi connectivity index (χ4v) is 2.02. The summed E-state index contributed by atoms with van der Waals surface area (Å²) in [4.78, 5) is 14.4. The molecule has 3 aromatic rings. The molecule has 0 saturated heterocycles. The number of aromatic nitrogens is 1. The number of nitrogens with zero attached hydrogens (tertiary/aromatic N) is 2. The summed E-state index contributed by atoms with van der Waals surface area (Å²) in [6, 6.07) is 16.7. The predicted octanol–water partition coefficient (Wildman–Crippen LogP) is 3.72. The molecule has 0 unspecified atom stereocenters. The van der Waals surface area contributed by atoms with E-state index >= 15 is 0 Å². The minimum atomic E-state index is -0.452. The summed E-state index contributed by atoms with van der Waals surface area (Å²) < 4.78 is 5.70. The number of fused-ring (bicyclic) bond motifs is 1. The molecule has 0 aliphatic heterocycles. The lowest BCUT2D eigenvalue weighted by molar-refractivity contribution is -0.385. The lowest BCUT2D eigenvalue weighted by atomic mass is 10.2. The summed E-state index contributed by atoms with van der Waals surface area (Å²) in [7, 11) is 0. The van der Waals surface area contributed by atoms with Gasteiger partial charge in [0, 0.05) is 17.5 Å².